The van der Waals surface area contributed by atoms with Crippen molar-refractivity contribution in [3.8, 4) is 0 Å². The van der Waals surface area contributed by atoms with Gasteiger partial charge in [-0.15, -0.1) is 0 Å². The minimum Gasteiger partial charge on any atom is -0.341 e. The number of carbonyl (C=O) groups excluding carboxylic acids is 1. The van der Waals surface area contributed by atoms with Gasteiger partial charge in [-0.3, -0.25) is 4.79 Å². The number of benzene rings is 2. The van der Waals surface area contributed by atoms with Crippen LogP contribution in [0.4, 0.5) is 17.1 Å². The Bertz CT molecular complexity index is 563. The summed E-state index contributed by atoms with van der Waals surface area (Å²) in [5, 5.41) is 2.65. The first-order valence-electron chi connectivity index (χ1n) is 6.04. The predicted molar refractivity (Wildman–Crippen MR) is 73.3 cm³/mol. The molecular weight excluding hydrogens is 224 g/mol. The molecular formula is C15H14N2O. The van der Waals surface area contributed by atoms with Crippen LogP contribution in [-0.2, 0) is 11.2 Å². The number of anilines is 3. The zero-order chi connectivity index (χ0) is 12.4. The van der Waals surface area contributed by atoms with Crippen molar-refractivity contribution in [2.75, 3.05) is 16.8 Å². The van der Waals surface area contributed by atoms with Crippen LogP contribution in [0.25, 0.3) is 0 Å². The van der Waals surface area contributed by atoms with Gasteiger partial charge in [0.25, 0.3) is 0 Å². The molecule has 2 aromatic rings. The third kappa shape index (κ3) is 1.84. The lowest BCUT2D eigenvalue weighted by molar-refractivity contribution is -0.105. The molecule has 3 nitrogen and oxygen atoms in total. The van der Waals surface area contributed by atoms with E-state index in [2.05, 4.69) is 34.5 Å². The van der Waals surface area contributed by atoms with Gasteiger partial charge >= 0.3 is 0 Å². The Hall–Kier alpha value is -2.29. The fourth-order valence-corrected chi connectivity index (χ4v) is 2.41. The van der Waals surface area contributed by atoms with Crippen LogP contribution >= 0.6 is 0 Å². The van der Waals surface area contributed by atoms with Crippen LogP contribution in [-0.4, -0.2) is 13.0 Å². The molecule has 18 heavy (non-hydrogen) atoms. The lowest BCUT2D eigenvalue weighted by Crippen LogP contribution is -2.12. The standard InChI is InChI=1S/C15H14N2O/c18-11-16-13-5-7-14(8-6-13)17-10-9-12-3-1-2-4-15(12)17/h1-8,11H,9-10H2,(H,16,18). The van der Waals surface area contributed by atoms with Crippen molar-refractivity contribution < 1.29 is 4.79 Å². The Labute approximate surface area is 106 Å². The smallest absolute Gasteiger partial charge is 0.211 e. The summed E-state index contributed by atoms with van der Waals surface area (Å²) in [5.41, 5.74) is 4.67. The predicted octanol–water partition coefficient (Wildman–Crippen LogP) is 2.95. The van der Waals surface area contributed by atoms with Gasteiger partial charge in [0.15, 0.2) is 0 Å². The third-order valence-electron chi connectivity index (χ3n) is 3.29. The van der Waals surface area contributed by atoms with Crippen LogP contribution < -0.4 is 10.2 Å². The van der Waals surface area contributed by atoms with E-state index < -0.39 is 0 Å². The van der Waals surface area contributed by atoms with Crippen LogP contribution in [0.15, 0.2) is 48.5 Å². The normalized spacial score (nSPS) is 13.2. The van der Waals surface area contributed by atoms with Crippen molar-refractivity contribution in [1.82, 2.24) is 0 Å². The second-order valence-corrected chi connectivity index (χ2v) is 4.34. The first-order chi connectivity index (χ1) is 8.88. The highest BCUT2D eigenvalue weighted by Gasteiger charge is 2.19. The van der Waals surface area contributed by atoms with Crippen molar-refractivity contribution in [1.29, 1.82) is 0 Å². The lowest BCUT2D eigenvalue weighted by atomic mass is 10.2. The number of hydrogen-bond donors (Lipinski definition) is 1. The molecule has 0 fully saturated rings. The van der Waals surface area contributed by atoms with Crippen LogP contribution in [0.3, 0.4) is 0 Å². The molecule has 0 atom stereocenters. The van der Waals surface area contributed by atoms with E-state index in [1.807, 2.05) is 24.3 Å². The molecule has 0 saturated heterocycles. The average molecular weight is 238 g/mol. The maximum Gasteiger partial charge on any atom is 0.211 e. The largest absolute Gasteiger partial charge is 0.341 e. The van der Waals surface area contributed by atoms with Gasteiger partial charge in [0.2, 0.25) is 6.41 Å². The Morgan fingerprint density at radius 1 is 1.06 bits per heavy atom. The van der Waals surface area contributed by atoms with Gasteiger partial charge in [0.1, 0.15) is 0 Å². The molecule has 1 heterocycles. The van der Waals surface area contributed by atoms with E-state index in [0.717, 1.165) is 24.3 Å². The summed E-state index contributed by atoms with van der Waals surface area (Å²) >= 11 is 0. The number of nitrogens with one attached hydrogen (secondary N) is 1. The molecule has 0 saturated carbocycles. The van der Waals surface area contributed by atoms with Gasteiger partial charge in [-0.2, -0.15) is 0 Å². The topological polar surface area (TPSA) is 32.3 Å². The molecule has 0 bridgehead atoms. The molecule has 90 valence electrons. The van der Waals surface area contributed by atoms with E-state index in [4.69, 9.17) is 0 Å². The van der Waals surface area contributed by atoms with Gasteiger partial charge in [0.05, 0.1) is 0 Å². The molecule has 3 rings (SSSR count). The molecule has 0 spiro atoms. The fourth-order valence-electron chi connectivity index (χ4n) is 2.41. The molecule has 1 aliphatic heterocycles. The maximum atomic E-state index is 10.4. The highest BCUT2D eigenvalue weighted by molar-refractivity contribution is 5.75. The highest BCUT2D eigenvalue weighted by Crippen LogP contribution is 2.34. The second-order valence-electron chi connectivity index (χ2n) is 4.34. The number of amides is 1. The minimum atomic E-state index is 0.695. The summed E-state index contributed by atoms with van der Waals surface area (Å²) < 4.78 is 0. The molecule has 1 aliphatic rings. The number of fused-ring (bicyclic) bond motifs is 1. The van der Waals surface area contributed by atoms with E-state index in [-0.39, 0.29) is 0 Å². The SMILES string of the molecule is O=CNc1ccc(N2CCc3ccccc32)cc1. The molecule has 0 unspecified atom stereocenters. The van der Waals surface area contributed by atoms with E-state index in [1.165, 1.54) is 11.3 Å². The van der Waals surface area contributed by atoms with Crippen LogP contribution in [0.2, 0.25) is 0 Å². The number of rotatable bonds is 3. The van der Waals surface area contributed by atoms with Crippen LogP contribution in [0.1, 0.15) is 5.56 Å². The monoisotopic (exact) mass is 238 g/mol. The summed E-state index contributed by atoms with van der Waals surface area (Å²) in [6.07, 6.45) is 1.78. The van der Waals surface area contributed by atoms with Gasteiger partial charge in [-0.25, -0.2) is 0 Å². The Balaban J connectivity index is 1.90. The third-order valence-corrected chi connectivity index (χ3v) is 3.29. The zero-order valence-electron chi connectivity index (χ0n) is 9.97. The first-order valence-corrected chi connectivity index (χ1v) is 6.04. The van der Waals surface area contributed by atoms with E-state index >= 15 is 0 Å². The summed E-state index contributed by atoms with van der Waals surface area (Å²) in [4.78, 5) is 12.7. The number of para-hydroxylation sites is 1. The van der Waals surface area contributed by atoms with Gasteiger partial charge in [-0.05, 0) is 42.3 Å². The molecule has 3 heteroatoms. The summed E-state index contributed by atoms with van der Waals surface area (Å²) in [7, 11) is 0. The molecule has 1 amide bonds. The molecule has 0 aliphatic carbocycles. The number of nitrogens with zero attached hydrogens (tertiary/aromatic N) is 1. The summed E-state index contributed by atoms with van der Waals surface area (Å²) in [6.45, 7) is 1.01. The van der Waals surface area contributed by atoms with Crippen LogP contribution in [0.5, 0.6) is 0 Å². The van der Waals surface area contributed by atoms with Crippen molar-refractivity contribution in [3.63, 3.8) is 0 Å². The molecule has 1 N–H and O–H groups in total. The molecule has 0 aromatic heterocycles. The quantitative estimate of drug-likeness (QED) is 0.834. The summed E-state index contributed by atoms with van der Waals surface area (Å²) in [6, 6.07) is 16.4. The molecule has 0 radical (unpaired) electrons. The zero-order valence-corrected chi connectivity index (χ0v) is 9.97. The van der Waals surface area contributed by atoms with Crippen molar-refractivity contribution in [2.45, 2.75) is 6.42 Å². The average Bonchev–Trinajstić information content (AvgIpc) is 2.84. The van der Waals surface area contributed by atoms with Gasteiger partial charge < -0.3 is 10.2 Å². The Morgan fingerprint density at radius 2 is 1.83 bits per heavy atom. The maximum absolute atomic E-state index is 10.4. The van der Waals surface area contributed by atoms with Crippen molar-refractivity contribution in [2.24, 2.45) is 0 Å². The Kier molecular flexibility index (Phi) is 2.73. The van der Waals surface area contributed by atoms with E-state index in [0.29, 0.717) is 6.41 Å². The highest BCUT2D eigenvalue weighted by atomic mass is 16.1. The van der Waals surface area contributed by atoms with Gasteiger partial charge in [-0.1, -0.05) is 18.2 Å². The van der Waals surface area contributed by atoms with Crippen LogP contribution in [0, 0.1) is 0 Å². The second kappa shape index (κ2) is 4.53. The number of hydrogen-bond acceptors (Lipinski definition) is 2. The minimum absolute atomic E-state index is 0.695. The number of carbonyl (C=O) groups is 1. The first kappa shape index (κ1) is 10.8. The molecule has 2 aromatic carbocycles. The van der Waals surface area contributed by atoms with Crippen molar-refractivity contribution >= 4 is 23.5 Å². The van der Waals surface area contributed by atoms with E-state index in [1.54, 1.807) is 0 Å². The lowest BCUT2D eigenvalue weighted by Gasteiger charge is -2.19. The fraction of sp³-hybridized carbons (Fsp3) is 0.133. The Morgan fingerprint density at radius 3 is 2.61 bits per heavy atom. The van der Waals surface area contributed by atoms with E-state index in [9.17, 15) is 4.79 Å². The summed E-state index contributed by atoms with van der Waals surface area (Å²) in [5.74, 6) is 0. The van der Waals surface area contributed by atoms with Gasteiger partial charge in [0, 0.05) is 23.6 Å². The van der Waals surface area contributed by atoms with Crippen molar-refractivity contribution in [3.05, 3.63) is 54.1 Å².